The van der Waals surface area contributed by atoms with Crippen molar-refractivity contribution in [3.8, 4) is 0 Å². The lowest BCUT2D eigenvalue weighted by molar-refractivity contribution is 0.100. The van der Waals surface area contributed by atoms with Gasteiger partial charge in [0.2, 0.25) is 0 Å². The summed E-state index contributed by atoms with van der Waals surface area (Å²) in [5.74, 6) is -0.743. The van der Waals surface area contributed by atoms with Gasteiger partial charge in [0.1, 0.15) is 0 Å². The van der Waals surface area contributed by atoms with E-state index in [9.17, 15) is 13.2 Å². The maximum Gasteiger partial charge on any atom is 0.272 e. The Labute approximate surface area is 184 Å². The molecular formula is C21H16Cl3NO3S. The van der Waals surface area contributed by atoms with Gasteiger partial charge in [-0.25, -0.2) is 8.42 Å². The molecule has 0 atom stereocenters. The summed E-state index contributed by atoms with van der Waals surface area (Å²) in [6.07, 6.45) is 0. The Balaban J connectivity index is 2.24. The molecule has 3 aromatic rings. The van der Waals surface area contributed by atoms with Gasteiger partial charge in [0.15, 0.2) is 0 Å². The molecule has 0 bridgehead atoms. The van der Waals surface area contributed by atoms with Gasteiger partial charge in [0, 0.05) is 10.6 Å². The first kappa shape index (κ1) is 21.7. The number of rotatable bonds is 4. The van der Waals surface area contributed by atoms with Crippen LogP contribution in [0.15, 0.2) is 65.6 Å². The first-order valence-corrected chi connectivity index (χ1v) is 11.1. The summed E-state index contributed by atoms with van der Waals surface area (Å²) < 4.78 is 27.7. The molecule has 3 rings (SSSR count). The van der Waals surface area contributed by atoms with Gasteiger partial charge in [0.05, 0.1) is 20.6 Å². The number of carbonyl (C=O) groups excluding carboxylic acids is 1. The lowest BCUT2D eigenvalue weighted by Crippen LogP contribution is -2.37. The Morgan fingerprint density at radius 2 is 1.48 bits per heavy atom. The lowest BCUT2D eigenvalue weighted by atomic mass is 10.1. The standard InChI is InChI=1S/C21H16Cl3NO3S/c1-13-3-4-14(2)20(11-13)25(21(26)15-5-10-18(23)19(24)12-15)29(27,28)17-8-6-16(22)7-9-17/h3-12H,1-2H3. The lowest BCUT2D eigenvalue weighted by Gasteiger charge is -2.25. The van der Waals surface area contributed by atoms with E-state index in [1.165, 1.54) is 42.5 Å². The predicted molar refractivity (Wildman–Crippen MR) is 118 cm³/mol. The Morgan fingerprint density at radius 1 is 0.828 bits per heavy atom. The number of sulfonamides is 1. The first-order valence-electron chi connectivity index (χ1n) is 8.49. The number of hydrogen-bond donors (Lipinski definition) is 0. The maximum atomic E-state index is 13.5. The second-order valence-corrected chi connectivity index (χ2v) is 9.48. The van der Waals surface area contributed by atoms with Gasteiger partial charge in [0.25, 0.3) is 15.9 Å². The zero-order chi connectivity index (χ0) is 21.3. The fraction of sp³-hybridized carbons (Fsp3) is 0.0952. The third kappa shape index (κ3) is 4.43. The normalized spacial score (nSPS) is 11.3. The van der Waals surface area contributed by atoms with Crippen LogP contribution in [0.3, 0.4) is 0 Å². The number of nitrogens with zero attached hydrogens (tertiary/aromatic N) is 1. The zero-order valence-corrected chi connectivity index (χ0v) is 18.6. The van der Waals surface area contributed by atoms with Crippen molar-refractivity contribution in [3.63, 3.8) is 0 Å². The number of halogens is 3. The minimum atomic E-state index is -4.23. The van der Waals surface area contributed by atoms with Crippen LogP contribution < -0.4 is 4.31 Å². The zero-order valence-electron chi connectivity index (χ0n) is 15.5. The van der Waals surface area contributed by atoms with Crippen molar-refractivity contribution in [1.29, 1.82) is 0 Å². The van der Waals surface area contributed by atoms with Gasteiger partial charge < -0.3 is 0 Å². The molecule has 0 heterocycles. The number of amides is 1. The summed E-state index contributed by atoms with van der Waals surface area (Å²) in [7, 11) is -4.23. The summed E-state index contributed by atoms with van der Waals surface area (Å²) in [6, 6.07) is 15.1. The second-order valence-electron chi connectivity index (χ2n) is 6.45. The first-order chi connectivity index (χ1) is 13.6. The van der Waals surface area contributed by atoms with Crippen molar-refractivity contribution in [2.24, 2.45) is 0 Å². The molecule has 0 fully saturated rings. The predicted octanol–water partition coefficient (Wildman–Crippen LogP) is 6.30. The van der Waals surface area contributed by atoms with Crippen molar-refractivity contribution in [1.82, 2.24) is 0 Å². The van der Waals surface area contributed by atoms with Crippen molar-refractivity contribution < 1.29 is 13.2 Å². The molecule has 0 saturated heterocycles. The van der Waals surface area contributed by atoms with Crippen LogP contribution in [0.1, 0.15) is 21.5 Å². The Hall–Kier alpha value is -2.05. The molecule has 0 N–H and O–H groups in total. The van der Waals surface area contributed by atoms with Gasteiger partial charge in [-0.2, -0.15) is 4.31 Å². The summed E-state index contributed by atoms with van der Waals surface area (Å²) in [5.41, 5.74) is 1.79. The van der Waals surface area contributed by atoms with E-state index in [0.717, 1.165) is 9.87 Å². The highest BCUT2D eigenvalue weighted by atomic mass is 35.5. The third-order valence-corrected chi connectivity index (χ3v) is 6.99. The third-order valence-electron chi connectivity index (χ3n) is 4.29. The molecular weight excluding hydrogens is 453 g/mol. The van der Waals surface area contributed by atoms with E-state index in [-0.39, 0.29) is 26.2 Å². The van der Waals surface area contributed by atoms with E-state index in [0.29, 0.717) is 10.6 Å². The molecule has 4 nitrogen and oxygen atoms in total. The molecule has 1 amide bonds. The van der Waals surface area contributed by atoms with E-state index in [1.807, 2.05) is 13.0 Å². The Kier molecular flexibility index (Phi) is 6.24. The minimum absolute atomic E-state index is 0.0591. The van der Waals surface area contributed by atoms with Gasteiger partial charge in [-0.1, -0.05) is 46.9 Å². The highest BCUT2D eigenvalue weighted by Crippen LogP contribution is 2.31. The van der Waals surface area contributed by atoms with Crippen LogP contribution in [0.2, 0.25) is 15.1 Å². The largest absolute Gasteiger partial charge is 0.272 e. The monoisotopic (exact) mass is 467 g/mol. The van der Waals surface area contributed by atoms with Crippen LogP contribution in [-0.2, 0) is 10.0 Å². The summed E-state index contributed by atoms with van der Waals surface area (Å²) in [6.45, 7) is 3.56. The average molecular weight is 469 g/mol. The highest BCUT2D eigenvalue weighted by molar-refractivity contribution is 7.93. The molecule has 0 unspecified atom stereocenters. The molecule has 29 heavy (non-hydrogen) atoms. The number of benzene rings is 3. The SMILES string of the molecule is Cc1ccc(C)c(N(C(=O)c2ccc(Cl)c(Cl)c2)S(=O)(=O)c2ccc(Cl)cc2)c1. The molecule has 150 valence electrons. The van der Waals surface area contributed by atoms with Crippen LogP contribution in [0.5, 0.6) is 0 Å². The van der Waals surface area contributed by atoms with Crippen LogP contribution in [-0.4, -0.2) is 14.3 Å². The Bertz CT molecular complexity index is 1190. The van der Waals surface area contributed by atoms with Gasteiger partial charge in [-0.3, -0.25) is 4.79 Å². The van der Waals surface area contributed by atoms with Crippen LogP contribution in [0.25, 0.3) is 0 Å². The van der Waals surface area contributed by atoms with E-state index in [1.54, 1.807) is 19.1 Å². The minimum Gasteiger partial charge on any atom is -0.268 e. The van der Waals surface area contributed by atoms with Crippen molar-refractivity contribution in [3.05, 3.63) is 92.4 Å². The number of hydrogen-bond acceptors (Lipinski definition) is 3. The van der Waals surface area contributed by atoms with Crippen molar-refractivity contribution in [2.45, 2.75) is 18.7 Å². The number of carbonyl (C=O) groups is 1. The second kappa shape index (κ2) is 8.36. The molecule has 0 aliphatic carbocycles. The Morgan fingerprint density at radius 3 is 2.10 bits per heavy atom. The fourth-order valence-electron chi connectivity index (χ4n) is 2.74. The maximum absolute atomic E-state index is 13.5. The quantitative estimate of drug-likeness (QED) is 0.451. The average Bonchev–Trinajstić information content (AvgIpc) is 2.67. The number of anilines is 1. The molecule has 3 aromatic carbocycles. The molecule has 0 aromatic heterocycles. The topological polar surface area (TPSA) is 54.5 Å². The van der Waals surface area contributed by atoms with Crippen LogP contribution in [0, 0.1) is 13.8 Å². The van der Waals surface area contributed by atoms with Gasteiger partial charge in [-0.05, 0) is 73.5 Å². The van der Waals surface area contributed by atoms with E-state index in [2.05, 4.69) is 0 Å². The van der Waals surface area contributed by atoms with E-state index >= 15 is 0 Å². The molecule has 0 aliphatic heterocycles. The molecule has 8 heteroatoms. The molecule has 0 spiro atoms. The summed E-state index contributed by atoms with van der Waals surface area (Å²) >= 11 is 17.9. The fourth-order valence-corrected chi connectivity index (χ4v) is 4.64. The van der Waals surface area contributed by atoms with Gasteiger partial charge >= 0.3 is 0 Å². The molecule has 0 radical (unpaired) electrons. The highest BCUT2D eigenvalue weighted by Gasteiger charge is 2.33. The number of aryl methyl sites for hydroxylation is 2. The smallest absolute Gasteiger partial charge is 0.268 e. The van der Waals surface area contributed by atoms with Crippen LogP contribution >= 0.6 is 34.8 Å². The van der Waals surface area contributed by atoms with Crippen molar-refractivity contribution in [2.75, 3.05) is 4.31 Å². The van der Waals surface area contributed by atoms with Crippen molar-refractivity contribution >= 4 is 56.4 Å². The molecule has 0 saturated carbocycles. The van der Waals surface area contributed by atoms with Gasteiger partial charge in [-0.15, -0.1) is 0 Å². The van der Waals surface area contributed by atoms with Crippen LogP contribution in [0.4, 0.5) is 5.69 Å². The summed E-state index contributed by atoms with van der Waals surface area (Å²) in [5, 5.41) is 0.808. The summed E-state index contributed by atoms with van der Waals surface area (Å²) in [4.78, 5) is 13.3. The van der Waals surface area contributed by atoms with E-state index < -0.39 is 15.9 Å². The molecule has 0 aliphatic rings. The van der Waals surface area contributed by atoms with E-state index in [4.69, 9.17) is 34.8 Å².